The molecule has 2 heterocycles. The topological polar surface area (TPSA) is 29.4 Å². The SMILES string of the molecule is O=C1CN=Cc2sccc21. The van der Waals surface area contributed by atoms with Crippen molar-refractivity contribution in [2.24, 2.45) is 4.99 Å². The Morgan fingerprint density at radius 2 is 2.50 bits per heavy atom. The number of ketones is 1. The fourth-order valence-corrected chi connectivity index (χ4v) is 1.74. The number of thiophene rings is 1. The van der Waals surface area contributed by atoms with Gasteiger partial charge < -0.3 is 0 Å². The van der Waals surface area contributed by atoms with Gasteiger partial charge in [0.1, 0.15) is 6.54 Å². The number of fused-ring (bicyclic) bond motifs is 1. The lowest BCUT2D eigenvalue weighted by atomic mass is 10.1. The Morgan fingerprint density at radius 3 is 3.30 bits per heavy atom. The Kier molecular flexibility index (Phi) is 1.17. The van der Waals surface area contributed by atoms with E-state index in [1.165, 1.54) is 0 Å². The van der Waals surface area contributed by atoms with Crippen molar-refractivity contribution in [3.8, 4) is 0 Å². The van der Waals surface area contributed by atoms with Crippen LogP contribution < -0.4 is 0 Å². The van der Waals surface area contributed by atoms with Crippen LogP contribution >= 0.6 is 11.3 Å². The van der Waals surface area contributed by atoms with Crippen molar-refractivity contribution in [1.82, 2.24) is 0 Å². The maximum atomic E-state index is 11.0. The number of hydrogen-bond acceptors (Lipinski definition) is 3. The number of nitrogens with zero attached hydrogens (tertiary/aromatic N) is 1. The zero-order valence-electron chi connectivity index (χ0n) is 5.20. The van der Waals surface area contributed by atoms with Crippen molar-refractivity contribution >= 4 is 23.3 Å². The molecule has 2 nitrogen and oxygen atoms in total. The van der Waals surface area contributed by atoms with Crippen molar-refractivity contribution < 1.29 is 4.79 Å². The van der Waals surface area contributed by atoms with E-state index in [4.69, 9.17) is 0 Å². The van der Waals surface area contributed by atoms with Crippen molar-refractivity contribution in [3.63, 3.8) is 0 Å². The third-order valence-electron chi connectivity index (χ3n) is 1.44. The van der Waals surface area contributed by atoms with Gasteiger partial charge in [0.25, 0.3) is 0 Å². The Labute approximate surface area is 62.2 Å². The van der Waals surface area contributed by atoms with E-state index >= 15 is 0 Å². The maximum absolute atomic E-state index is 11.0. The first kappa shape index (κ1) is 5.80. The molecule has 0 spiro atoms. The fourth-order valence-electron chi connectivity index (χ4n) is 0.948. The molecule has 1 aliphatic heterocycles. The summed E-state index contributed by atoms with van der Waals surface area (Å²) in [6.07, 6.45) is 1.77. The standard InChI is InChI=1S/C7H5NOS/c9-6-3-8-4-7-5(6)1-2-10-7/h1-2,4H,3H2. The molecule has 3 heteroatoms. The van der Waals surface area contributed by atoms with Crippen LogP contribution in [0.25, 0.3) is 0 Å². The fraction of sp³-hybridized carbons (Fsp3) is 0.143. The number of aliphatic imine (C=N–C) groups is 1. The van der Waals surface area contributed by atoms with Crippen molar-refractivity contribution in [3.05, 3.63) is 21.9 Å². The third kappa shape index (κ3) is 0.708. The van der Waals surface area contributed by atoms with Gasteiger partial charge in [-0.1, -0.05) is 0 Å². The summed E-state index contributed by atoms with van der Waals surface area (Å²) in [7, 11) is 0. The highest BCUT2D eigenvalue weighted by Crippen LogP contribution is 2.17. The van der Waals surface area contributed by atoms with Gasteiger partial charge in [-0.15, -0.1) is 11.3 Å². The molecular formula is C7H5NOS. The normalized spacial score (nSPS) is 15.4. The van der Waals surface area contributed by atoms with Crippen LogP contribution in [0.5, 0.6) is 0 Å². The van der Waals surface area contributed by atoms with Crippen molar-refractivity contribution in [1.29, 1.82) is 0 Å². The summed E-state index contributed by atoms with van der Waals surface area (Å²) < 4.78 is 0. The lowest BCUT2D eigenvalue weighted by Gasteiger charge is -2.00. The highest BCUT2D eigenvalue weighted by molar-refractivity contribution is 7.12. The lowest BCUT2D eigenvalue weighted by molar-refractivity contribution is 0.100. The molecule has 0 unspecified atom stereocenters. The van der Waals surface area contributed by atoms with E-state index < -0.39 is 0 Å². The number of Topliss-reactive ketones (excluding diaryl/α,β-unsaturated/α-hetero) is 1. The first-order valence-corrected chi connectivity index (χ1v) is 3.86. The Hall–Kier alpha value is -0.960. The molecule has 0 aromatic carbocycles. The van der Waals surface area contributed by atoms with Crippen LogP contribution in [0.2, 0.25) is 0 Å². The summed E-state index contributed by atoms with van der Waals surface area (Å²) in [5.74, 6) is 0.138. The summed E-state index contributed by atoms with van der Waals surface area (Å²) in [5.41, 5.74) is 0.833. The van der Waals surface area contributed by atoms with Crippen molar-refractivity contribution in [2.75, 3.05) is 6.54 Å². The molecule has 0 amide bonds. The zero-order chi connectivity index (χ0) is 6.97. The van der Waals surface area contributed by atoms with E-state index in [0.717, 1.165) is 10.4 Å². The summed E-state index contributed by atoms with van der Waals surface area (Å²) in [4.78, 5) is 15.9. The quantitative estimate of drug-likeness (QED) is 0.550. The smallest absolute Gasteiger partial charge is 0.185 e. The molecule has 0 aliphatic carbocycles. The van der Waals surface area contributed by atoms with E-state index in [1.54, 1.807) is 17.6 Å². The van der Waals surface area contributed by atoms with Crippen LogP contribution in [0.1, 0.15) is 15.2 Å². The van der Waals surface area contributed by atoms with E-state index in [2.05, 4.69) is 4.99 Å². The first-order valence-electron chi connectivity index (χ1n) is 2.98. The van der Waals surface area contributed by atoms with Gasteiger partial charge in [-0.3, -0.25) is 9.79 Å². The molecule has 0 radical (unpaired) electrons. The molecule has 0 saturated heterocycles. The molecular weight excluding hydrogens is 146 g/mol. The van der Waals surface area contributed by atoms with Gasteiger partial charge in [-0.25, -0.2) is 0 Å². The minimum atomic E-state index is 0.138. The van der Waals surface area contributed by atoms with Gasteiger partial charge >= 0.3 is 0 Å². The second-order valence-electron chi connectivity index (χ2n) is 2.09. The van der Waals surface area contributed by atoms with Gasteiger partial charge in [-0.05, 0) is 11.4 Å². The van der Waals surface area contributed by atoms with Gasteiger partial charge in [0.2, 0.25) is 0 Å². The van der Waals surface area contributed by atoms with Crippen molar-refractivity contribution in [2.45, 2.75) is 0 Å². The van der Waals surface area contributed by atoms with Crippen LogP contribution in [0, 0.1) is 0 Å². The zero-order valence-corrected chi connectivity index (χ0v) is 6.02. The largest absolute Gasteiger partial charge is 0.292 e. The molecule has 1 aromatic heterocycles. The van der Waals surface area contributed by atoms with E-state index in [9.17, 15) is 4.79 Å². The van der Waals surface area contributed by atoms with E-state index in [-0.39, 0.29) is 5.78 Å². The molecule has 1 aliphatic rings. The van der Waals surface area contributed by atoms with Crippen LogP contribution in [0.15, 0.2) is 16.4 Å². The van der Waals surface area contributed by atoms with Crippen LogP contribution in [0.4, 0.5) is 0 Å². The average molecular weight is 151 g/mol. The summed E-state index contributed by atoms with van der Waals surface area (Å²) in [5, 5.41) is 1.92. The monoisotopic (exact) mass is 151 g/mol. The molecule has 0 N–H and O–H groups in total. The van der Waals surface area contributed by atoms with Crippen LogP contribution in [0.3, 0.4) is 0 Å². The second kappa shape index (κ2) is 2.02. The third-order valence-corrected chi connectivity index (χ3v) is 2.29. The van der Waals surface area contributed by atoms with E-state index in [1.807, 2.05) is 11.4 Å². The Balaban J connectivity index is 2.62. The summed E-state index contributed by atoms with van der Waals surface area (Å²) >= 11 is 1.56. The van der Waals surface area contributed by atoms with Gasteiger partial charge in [0.15, 0.2) is 5.78 Å². The predicted octanol–water partition coefficient (Wildman–Crippen LogP) is 1.36. The maximum Gasteiger partial charge on any atom is 0.185 e. The first-order chi connectivity index (χ1) is 4.88. The van der Waals surface area contributed by atoms with Gasteiger partial charge in [-0.2, -0.15) is 0 Å². The second-order valence-corrected chi connectivity index (χ2v) is 3.04. The molecule has 1 aromatic rings. The molecule has 0 atom stereocenters. The predicted molar refractivity (Wildman–Crippen MR) is 41.1 cm³/mol. The van der Waals surface area contributed by atoms with Crippen LogP contribution in [-0.2, 0) is 0 Å². The number of carbonyl (C=O) groups excluding carboxylic acids is 1. The molecule has 0 saturated carbocycles. The molecule has 10 heavy (non-hydrogen) atoms. The lowest BCUT2D eigenvalue weighted by Crippen LogP contribution is -2.08. The van der Waals surface area contributed by atoms with E-state index in [0.29, 0.717) is 6.54 Å². The highest BCUT2D eigenvalue weighted by atomic mass is 32.1. The molecule has 0 bridgehead atoms. The summed E-state index contributed by atoms with van der Waals surface area (Å²) in [6, 6.07) is 1.85. The minimum Gasteiger partial charge on any atom is -0.292 e. The minimum absolute atomic E-state index is 0.138. The number of hydrogen-bond donors (Lipinski definition) is 0. The van der Waals surface area contributed by atoms with Gasteiger partial charge in [0, 0.05) is 11.8 Å². The average Bonchev–Trinajstić information content (AvgIpc) is 2.36. The molecule has 50 valence electrons. The highest BCUT2D eigenvalue weighted by Gasteiger charge is 2.13. The number of carbonyl (C=O) groups is 1. The summed E-state index contributed by atoms with van der Waals surface area (Å²) in [6.45, 7) is 0.323. The Morgan fingerprint density at radius 1 is 1.60 bits per heavy atom. The van der Waals surface area contributed by atoms with Crippen LogP contribution in [-0.4, -0.2) is 18.5 Å². The Bertz CT molecular complexity index is 300. The molecule has 0 fully saturated rings. The molecule has 2 rings (SSSR count). The van der Waals surface area contributed by atoms with Gasteiger partial charge in [0.05, 0.1) is 4.88 Å². The number of rotatable bonds is 0.